The van der Waals surface area contributed by atoms with Gasteiger partial charge < -0.3 is 4.74 Å². The average Bonchev–Trinajstić information content (AvgIpc) is 2.42. The van der Waals surface area contributed by atoms with Gasteiger partial charge in [-0.05, 0) is 36.0 Å². The van der Waals surface area contributed by atoms with Crippen molar-refractivity contribution < 1.29 is 4.74 Å². The summed E-state index contributed by atoms with van der Waals surface area (Å²) < 4.78 is 5.21. The Morgan fingerprint density at radius 1 is 0.857 bits per heavy atom. The molecule has 0 aromatic carbocycles. The summed E-state index contributed by atoms with van der Waals surface area (Å²) in [6.45, 7) is 23.0. The number of hydrogen-bond donors (Lipinski definition) is 0. The largest absolute Gasteiger partial charge is 0.384 e. The predicted octanol–water partition coefficient (Wildman–Crippen LogP) is 7.20. The number of ether oxygens (including phenoxy) is 1. The second-order valence-electron chi connectivity index (χ2n) is 7.20. The molecule has 0 aliphatic carbocycles. The molecular formula is C20H46O. The molecule has 0 N–H and O–H groups in total. The maximum Gasteiger partial charge on any atom is 0.0487 e. The van der Waals surface area contributed by atoms with E-state index >= 15 is 0 Å². The fourth-order valence-corrected chi connectivity index (χ4v) is 2.46. The van der Waals surface area contributed by atoms with Gasteiger partial charge in [0.05, 0.1) is 0 Å². The zero-order chi connectivity index (χ0) is 17.5. The van der Waals surface area contributed by atoms with Crippen molar-refractivity contribution in [3.8, 4) is 0 Å². The average molecular weight is 303 g/mol. The lowest BCUT2D eigenvalue weighted by Crippen LogP contribution is -2.15. The van der Waals surface area contributed by atoms with Crippen LogP contribution in [-0.2, 0) is 4.74 Å². The summed E-state index contributed by atoms with van der Waals surface area (Å²) in [6, 6.07) is 0. The minimum atomic E-state index is 0.492. The maximum atomic E-state index is 5.21. The van der Waals surface area contributed by atoms with Crippen molar-refractivity contribution >= 4 is 0 Å². The monoisotopic (exact) mass is 302 g/mol. The Balaban J connectivity index is -0.000000739. The van der Waals surface area contributed by atoms with Crippen molar-refractivity contribution in [1.82, 2.24) is 0 Å². The fourth-order valence-electron chi connectivity index (χ4n) is 2.46. The highest BCUT2D eigenvalue weighted by atomic mass is 16.5. The molecule has 132 valence electrons. The summed E-state index contributed by atoms with van der Waals surface area (Å²) >= 11 is 0. The first-order valence-corrected chi connectivity index (χ1v) is 9.25. The molecule has 0 aromatic heterocycles. The van der Waals surface area contributed by atoms with Gasteiger partial charge in [0.25, 0.3) is 0 Å². The first kappa shape index (κ1) is 25.9. The molecule has 0 bridgehead atoms. The molecule has 3 atom stereocenters. The lowest BCUT2D eigenvalue weighted by Gasteiger charge is -2.24. The van der Waals surface area contributed by atoms with E-state index in [1.165, 1.54) is 25.7 Å². The fraction of sp³-hybridized carbons (Fsp3) is 1.00. The van der Waals surface area contributed by atoms with Crippen molar-refractivity contribution in [2.45, 2.75) is 94.9 Å². The lowest BCUT2D eigenvalue weighted by atomic mass is 9.82. The van der Waals surface area contributed by atoms with E-state index in [-0.39, 0.29) is 0 Å². The molecule has 0 fully saturated rings. The smallest absolute Gasteiger partial charge is 0.0487 e. The third-order valence-corrected chi connectivity index (χ3v) is 3.78. The molecule has 0 amide bonds. The molecule has 1 nitrogen and oxygen atoms in total. The first-order chi connectivity index (χ1) is 9.76. The van der Waals surface area contributed by atoms with E-state index in [1.807, 2.05) is 27.7 Å². The summed E-state index contributed by atoms with van der Waals surface area (Å²) in [5.74, 6) is 2.36. The van der Waals surface area contributed by atoms with Gasteiger partial charge in [-0.3, -0.25) is 0 Å². The van der Waals surface area contributed by atoms with Crippen molar-refractivity contribution in [2.75, 3.05) is 13.7 Å². The summed E-state index contributed by atoms with van der Waals surface area (Å²) in [4.78, 5) is 0. The van der Waals surface area contributed by atoms with Crippen molar-refractivity contribution in [1.29, 1.82) is 0 Å². The molecule has 21 heavy (non-hydrogen) atoms. The number of methoxy groups -OCH3 is 1. The minimum Gasteiger partial charge on any atom is -0.384 e. The van der Waals surface area contributed by atoms with Crippen molar-refractivity contribution in [3.63, 3.8) is 0 Å². The highest BCUT2D eigenvalue weighted by molar-refractivity contribution is 4.68. The highest BCUT2D eigenvalue weighted by Gasteiger charge is 2.17. The lowest BCUT2D eigenvalue weighted by molar-refractivity contribution is 0.139. The van der Waals surface area contributed by atoms with Crippen LogP contribution in [0.3, 0.4) is 0 Å². The zero-order valence-corrected chi connectivity index (χ0v) is 17.2. The van der Waals surface area contributed by atoms with Crippen LogP contribution in [0.15, 0.2) is 0 Å². The van der Waals surface area contributed by atoms with Gasteiger partial charge in [-0.15, -0.1) is 0 Å². The van der Waals surface area contributed by atoms with Crippen LogP contribution in [0, 0.1) is 23.2 Å². The Morgan fingerprint density at radius 2 is 1.33 bits per heavy atom. The second kappa shape index (κ2) is 16.3. The highest BCUT2D eigenvalue weighted by Crippen LogP contribution is 2.28. The SMILES string of the molecule is CC.CC.COCC(C)CC(C)C(C)CCCC(C)(C)C. The summed E-state index contributed by atoms with van der Waals surface area (Å²) in [6.07, 6.45) is 5.38. The van der Waals surface area contributed by atoms with E-state index in [2.05, 4.69) is 41.5 Å². The summed E-state index contributed by atoms with van der Waals surface area (Å²) in [5, 5.41) is 0. The van der Waals surface area contributed by atoms with Crippen molar-refractivity contribution in [2.24, 2.45) is 23.2 Å². The zero-order valence-electron chi connectivity index (χ0n) is 17.2. The minimum absolute atomic E-state index is 0.492. The van der Waals surface area contributed by atoms with Crippen LogP contribution in [0.2, 0.25) is 0 Å². The van der Waals surface area contributed by atoms with Crippen LogP contribution in [0.25, 0.3) is 0 Å². The standard InChI is InChI=1S/C16H34O.2C2H6/c1-13(12-17-7)11-15(3)14(2)9-8-10-16(4,5)6;2*1-2/h13-15H,8-12H2,1-7H3;2*1-2H3. The van der Waals surface area contributed by atoms with Gasteiger partial charge in [-0.2, -0.15) is 0 Å². The first-order valence-electron chi connectivity index (χ1n) is 9.25. The molecule has 0 aliphatic heterocycles. The van der Waals surface area contributed by atoms with Gasteiger partial charge in [0.2, 0.25) is 0 Å². The quantitative estimate of drug-likeness (QED) is 0.460. The third-order valence-electron chi connectivity index (χ3n) is 3.78. The third kappa shape index (κ3) is 20.0. The van der Waals surface area contributed by atoms with Gasteiger partial charge in [-0.1, -0.05) is 82.1 Å². The van der Waals surface area contributed by atoms with Crippen LogP contribution in [-0.4, -0.2) is 13.7 Å². The molecule has 0 saturated carbocycles. The maximum absolute atomic E-state index is 5.21. The Bertz CT molecular complexity index is 181. The summed E-state index contributed by atoms with van der Waals surface area (Å²) in [7, 11) is 1.80. The van der Waals surface area contributed by atoms with E-state index in [4.69, 9.17) is 4.74 Å². The van der Waals surface area contributed by atoms with Gasteiger partial charge in [-0.25, -0.2) is 0 Å². The molecular weight excluding hydrogens is 256 g/mol. The Morgan fingerprint density at radius 3 is 1.71 bits per heavy atom. The normalized spacial score (nSPS) is 15.0. The summed E-state index contributed by atoms with van der Waals surface area (Å²) in [5.41, 5.74) is 0.492. The molecule has 0 heterocycles. The van der Waals surface area contributed by atoms with Gasteiger partial charge in [0.15, 0.2) is 0 Å². The van der Waals surface area contributed by atoms with E-state index in [9.17, 15) is 0 Å². The molecule has 0 aliphatic rings. The predicted molar refractivity (Wildman–Crippen MR) is 100.0 cm³/mol. The van der Waals surface area contributed by atoms with E-state index in [1.54, 1.807) is 7.11 Å². The Kier molecular flexibility index (Phi) is 20.1. The van der Waals surface area contributed by atoms with Gasteiger partial charge in [0.1, 0.15) is 0 Å². The Hall–Kier alpha value is -0.0400. The van der Waals surface area contributed by atoms with E-state index < -0.39 is 0 Å². The van der Waals surface area contributed by atoms with Gasteiger partial charge in [0, 0.05) is 13.7 Å². The topological polar surface area (TPSA) is 9.23 Å². The van der Waals surface area contributed by atoms with E-state index in [0.717, 1.165) is 18.4 Å². The number of hydrogen-bond acceptors (Lipinski definition) is 1. The molecule has 0 saturated heterocycles. The molecule has 3 unspecified atom stereocenters. The van der Waals surface area contributed by atoms with Crippen LogP contribution in [0.1, 0.15) is 94.9 Å². The molecule has 0 rings (SSSR count). The van der Waals surface area contributed by atoms with Crippen molar-refractivity contribution in [3.05, 3.63) is 0 Å². The van der Waals surface area contributed by atoms with Gasteiger partial charge >= 0.3 is 0 Å². The molecule has 0 spiro atoms. The molecule has 0 radical (unpaired) electrons. The Labute approximate surface area is 137 Å². The van der Waals surface area contributed by atoms with Crippen LogP contribution in [0.5, 0.6) is 0 Å². The van der Waals surface area contributed by atoms with Crippen LogP contribution in [0.4, 0.5) is 0 Å². The molecule has 0 aromatic rings. The molecule has 1 heteroatoms. The van der Waals surface area contributed by atoms with Crippen LogP contribution >= 0.6 is 0 Å². The van der Waals surface area contributed by atoms with E-state index in [0.29, 0.717) is 11.3 Å². The number of rotatable bonds is 8. The van der Waals surface area contributed by atoms with Crippen LogP contribution < -0.4 is 0 Å². The second-order valence-corrected chi connectivity index (χ2v) is 7.20.